The van der Waals surface area contributed by atoms with Gasteiger partial charge in [-0.15, -0.1) is 11.3 Å². The predicted molar refractivity (Wildman–Crippen MR) is 130 cm³/mol. The molecule has 0 saturated heterocycles. The SMILES string of the molecule is O=C(Cc1ccc(-n2cnc3ccc(Br)cc3c2=O)c(Cl)c1)CS(=O)(=O)c1ccc(Cl)s1. The second-order valence-electron chi connectivity index (χ2n) is 6.90. The van der Waals surface area contributed by atoms with E-state index in [1.165, 1.54) is 23.0 Å². The number of ketones is 1. The maximum atomic E-state index is 12.9. The first-order chi connectivity index (χ1) is 15.1. The Morgan fingerprint density at radius 2 is 1.88 bits per heavy atom. The summed E-state index contributed by atoms with van der Waals surface area (Å²) in [6.07, 6.45) is 1.28. The monoisotopic (exact) mass is 570 g/mol. The number of nitrogens with zero attached hydrogens (tertiary/aromatic N) is 2. The summed E-state index contributed by atoms with van der Waals surface area (Å²) in [5, 5.41) is 0.664. The average molecular weight is 572 g/mol. The molecule has 0 aliphatic rings. The largest absolute Gasteiger partial charge is 0.298 e. The zero-order valence-corrected chi connectivity index (χ0v) is 20.8. The number of hydrogen-bond acceptors (Lipinski definition) is 6. The van der Waals surface area contributed by atoms with Crippen LogP contribution in [0.3, 0.4) is 0 Å². The second-order valence-corrected chi connectivity index (χ2v) is 12.2. The molecule has 11 heteroatoms. The second kappa shape index (κ2) is 9.07. The van der Waals surface area contributed by atoms with E-state index >= 15 is 0 Å². The van der Waals surface area contributed by atoms with Gasteiger partial charge in [-0.2, -0.15) is 0 Å². The van der Waals surface area contributed by atoms with E-state index in [1.807, 2.05) is 0 Å². The molecule has 4 rings (SSSR count). The van der Waals surface area contributed by atoms with E-state index in [2.05, 4.69) is 20.9 Å². The van der Waals surface area contributed by atoms with Crippen LogP contribution in [-0.2, 0) is 21.1 Å². The summed E-state index contributed by atoms with van der Waals surface area (Å²) in [4.78, 5) is 29.6. The molecule has 32 heavy (non-hydrogen) atoms. The molecule has 0 unspecified atom stereocenters. The van der Waals surface area contributed by atoms with Crippen molar-refractivity contribution in [2.75, 3.05) is 5.75 Å². The fraction of sp³-hybridized carbons (Fsp3) is 0.0952. The highest BCUT2D eigenvalue weighted by atomic mass is 79.9. The van der Waals surface area contributed by atoms with Crippen LogP contribution >= 0.6 is 50.5 Å². The number of halogens is 3. The number of aromatic nitrogens is 2. The molecule has 2 aromatic carbocycles. The van der Waals surface area contributed by atoms with Crippen molar-refractivity contribution in [1.29, 1.82) is 0 Å². The predicted octanol–water partition coefficient (Wildman–Crippen LogP) is 5.10. The van der Waals surface area contributed by atoms with E-state index < -0.39 is 21.4 Å². The number of carbonyl (C=O) groups is 1. The molecule has 0 fully saturated rings. The van der Waals surface area contributed by atoms with Crippen LogP contribution < -0.4 is 5.56 Å². The third-order valence-corrected chi connectivity index (χ3v) is 8.88. The minimum Gasteiger partial charge on any atom is -0.298 e. The van der Waals surface area contributed by atoms with E-state index in [0.29, 0.717) is 26.5 Å². The van der Waals surface area contributed by atoms with Gasteiger partial charge in [0.25, 0.3) is 5.56 Å². The van der Waals surface area contributed by atoms with Crippen LogP contribution in [0, 0.1) is 0 Å². The lowest BCUT2D eigenvalue weighted by molar-refractivity contribution is -0.116. The molecule has 0 atom stereocenters. The van der Waals surface area contributed by atoms with Gasteiger partial charge in [0, 0.05) is 10.9 Å². The fourth-order valence-electron chi connectivity index (χ4n) is 3.15. The quantitative estimate of drug-likeness (QED) is 0.321. The number of rotatable bonds is 6. The lowest BCUT2D eigenvalue weighted by atomic mass is 10.1. The van der Waals surface area contributed by atoms with Crippen LogP contribution in [0.2, 0.25) is 9.36 Å². The fourth-order valence-corrected chi connectivity index (χ4v) is 6.62. The Balaban J connectivity index is 1.58. The number of carbonyl (C=O) groups excluding carboxylic acids is 1. The molecule has 2 heterocycles. The van der Waals surface area contributed by atoms with Gasteiger partial charge in [0.2, 0.25) is 0 Å². The Bertz CT molecular complexity index is 1530. The molecular formula is C21H13BrCl2N2O4S2. The van der Waals surface area contributed by atoms with Crippen molar-refractivity contribution in [3.05, 3.63) is 84.6 Å². The van der Waals surface area contributed by atoms with Gasteiger partial charge in [-0.3, -0.25) is 14.2 Å². The van der Waals surface area contributed by atoms with Crippen LogP contribution in [0.15, 0.2) is 68.3 Å². The molecule has 0 saturated carbocycles. The minimum absolute atomic E-state index is 0.0547. The van der Waals surface area contributed by atoms with Crippen LogP contribution in [0.4, 0.5) is 0 Å². The molecule has 0 aliphatic carbocycles. The van der Waals surface area contributed by atoms with Crippen molar-refractivity contribution in [3.63, 3.8) is 0 Å². The highest BCUT2D eigenvalue weighted by molar-refractivity contribution is 9.10. The number of fused-ring (bicyclic) bond motifs is 1. The summed E-state index contributed by atoms with van der Waals surface area (Å²) in [6.45, 7) is 0. The summed E-state index contributed by atoms with van der Waals surface area (Å²) in [6, 6.07) is 12.9. The smallest absolute Gasteiger partial charge is 0.265 e. The molecular weight excluding hydrogens is 559 g/mol. The third-order valence-electron chi connectivity index (χ3n) is 4.60. The molecule has 0 spiro atoms. The normalized spacial score (nSPS) is 11.7. The van der Waals surface area contributed by atoms with Crippen molar-refractivity contribution in [2.24, 2.45) is 0 Å². The number of Topliss-reactive ketones (excluding diaryl/α,β-unsaturated/α-hetero) is 1. The van der Waals surface area contributed by atoms with E-state index in [0.717, 1.165) is 15.8 Å². The Morgan fingerprint density at radius 1 is 1.09 bits per heavy atom. The van der Waals surface area contributed by atoms with Gasteiger partial charge in [0.05, 0.1) is 25.9 Å². The Morgan fingerprint density at radius 3 is 2.56 bits per heavy atom. The van der Waals surface area contributed by atoms with Gasteiger partial charge in [-0.1, -0.05) is 45.2 Å². The molecule has 4 aromatic rings. The zero-order valence-electron chi connectivity index (χ0n) is 16.1. The van der Waals surface area contributed by atoms with Crippen LogP contribution in [-0.4, -0.2) is 29.5 Å². The first-order valence-electron chi connectivity index (χ1n) is 9.09. The molecule has 0 amide bonds. The molecule has 6 nitrogen and oxygen atoms in total. The summed E-state index contributed by atoms with van der Waals surface area (Å²) in [7, 11) is -3.76. The van der Waals surface area contributed by atoms with Crippen molar-refractivity contribution in [1.82, 2.24) is 9.55 Å². The molecule has 0 N–H and O–H groups in total. The maximum Gasteiger partial charge on any atom is 0.265 e. The Hall–Kier alpha value is -2.04. The van der Waals surface area contributed by atoms with E-state index in [1.54, 1.807) is 36.4 Å². The molecule has 164 valence electrons. The summed E-state index contributed by atoms with van der Waals surface area (Å²) >= 11 is 16.4. The van der Waals surface area contributed by atoms with Crippen molar-refractivity contribution in [2.45, 2.75) is 10.6 Å². The van der Waals surface area contributed by atoms with Gasteiger partial charge in [-0.25, -0.2) is 13.4 Å². The first-order valence-corrected chi connectivity index (χ1v) is 13.1. The van der Waals surface area contributed by atoms with Crippen LogP contribution in [0.1, 0.15) is 5.56 Å². The summed E-state index contributed by atoms with van der Waals surface area (Å²) in [5.74, 6) is -1.11. The number of sulfone groups is 1. The number of thiophene rings is 1. The number of hydrogen-bond donors (Lipinski definition) is 0. The zero-order chi connectivity index (χ0) is 23.0. The Labute approximate surface area is 205 Å². The minimum atomic E-state index is -3.76. The van der Waals surface area contributed by atoms with Crippen LogP contribution in [0.5, 0.6) is 0 Å². The topological polar surface area (TPSA) is 86.1 Å². The van der Waals surface area contributed by atoms with Crippen molar-refractivity contribution in [3.8, 4) is 5.69 Å². The van der Waals surface area contributed by atoms with Gasteiger partial charge >= 0.3 is 0 Å². The molecule has 0 bridgehead atoms. The van der Waals surface area contributed by atoms with E-state index in [4.69, 9.17) is 23.2 Å². The first kappa shape index (κ1) is 23.1. The lowest BCUT2D eigenvalue weighted by Gasteiger charge is -2.10. The van der Waals surface area contributed by atoms with Gasteiger partial charge in [0.1, 0.15) is 16.3 Å². The van der Waals surface area contributed by atoms with Crippen molar-refractivity contribution >= 4 is 77.0 Å². The van der Waals surface area contributed by atoms with Crippen LogP contribution in [0.25, 0.3) is 16.6 Å². The van der Waals surface area contributed by atoms with Gasteiger partial charge in [0.15, 0.2) is 15.6 Å². The Kier molecular flexibility index (Phi) is 6.56. The molecule has 2 aromatic heterocycles. The lowest BCUT2D eigenvalue weighted by Crippen LogP contribution is -2.19. The third kappa shape index (κ3) is 4.82. The van der Waals surface area contributed by atoms with Gasteiger partial charge in [-0.05, 0) is 48.0 Å². The standard InChI is InChI=1S/C21H13BrCl2N2O4S2/c22-13-2-3-17-15(9-13)21(28)26(11-25-17)18-4-1-12(8-16(18)23)7-14(27)10-32(29,30)20-6-5-19(24)31-20/h1-6,8-9,11H,7,10H2. The molecule has 0 aliphatic heterocycles. The van der Waals surface area contributed by atoms with Gasteiger partial charge < -0.3 is 0 Å². The molecule has 0 radical (unpaired) electrons. The maximum absolute atomic E-state index is 12.9. The summed E-state index contributed by atoms with van der Waals surface area (Å²) in [5.41, 5.74) is 1.21. The van der Waals surface area contributed by atoms with E-state index in [-0.39, 0.29) is 21.2 Å². The number of benzene rings is 2. The van der Waals surface area contributed by atoms with E-state index in [9.17, 15) is 18.0 Å². The highest BCUT2D eigenvalue weighted by Gasteiger charge is 2.21. The average Bonchev–Trinajstić information content (AvgIpc) is 3.16. The van der Waals surface area contributed by atoms with Crippen molar-refractivity contribution < 1.29 is 13.2 Å². The highest BCUT2D eigenvalue weighted by Crippen LogP contribution is 2.27. The summed E-state index contributed by atoms with van der Waals surface area (Å²) < 4.78 is 27.2.